The van der Waals surface area contributed by atoms with E-state index < -0.39 is 0 Å². The summed E-state index contributed by atoms with van der Waals surface area (Å²) in [6.07, 6.45) is 0. The molecule has 0 aliphatic carbocycles. The molecule has 1 heterocycles. The van der Waals surface area contributed by atoms with E-state index in [4.69, 9.17) is 16.3 Å². The second-order valence-electron chi connectivity index (χ2n) is 5.44. The molecular weight excluding hydrogens is 300 g/mol. The quantitative estimate of drug-likeness (QED) is 0.867. The Hall–Kier alpha value is -2.20. The maximum atomic E-state index is 12.6. The molecule has 0 spiro atoms. The number of benzene rings is 2. The number of ether oxygens (including phenoxy) is 1. The molecule has 0 aromatic heterocycles. The van der Waals surface area contributed by atoms with Crippen molar-refractivity contribution in [3.05, 3.63) is 52.5 Å². The van der Waals surface area contributed by atoms with E-state index >= 15 is 0 Å². The minimum Gasteiger partial charge on any atom is -0.495 e. The topological polar surface area (TPSA) is 32.8 Å². The zero-order valence-electron chi connectivity index (χ0n) is 12.8. The molecule has 0 unspecified atom stereocenters. The lowest BCUT2D eigenvalue weighted by atomic mass is 10.1. The Morgan fingerprint density at radius 1 is 1.18 bits per heavy atom. The van der Waals surface area contributed by atoms with Crippen LogP contribution in [-0.2, 0) is 6.54 Å². The van der Waals surface area contributed by atoms with Gasteiger partial charge in [0, 0.05) is 36.4 Å². The predicted octanol–water partition coefficient (Wildman–Crippen LogP) is 3.58. The van der Waals surface area contributed by atoms with Crippen LogP contribution in [0.2, 0.25) is 5.02 Å². The van der Waals surface area contributed by atoms with Gasteiger partial charge in [0.15, 0.2) is 0 Å². The minimum absolute atomic E-state index is 0.00803. The fourth-order valence-corrected chi connectivity index (χ4v) is 2.90. The van der Waals surface area contributed by atoms with E-state index in [2.05, 4.69) is 0 Å². The third kappa shape index (κ3) is 2.40. The Labute approximate surface area is 134 Å². The smallest absolute Gasteiger partial charge is 0.258 e. The van der Waals surface area contributed by atoms with Crippen LogP contribution in [0.25, 0.3) is 0 Å². The van der Waals surface area contributed by atoms with Gasteiger partial charge in [-0.15, -0.1) is 0 Å². The van der Waals surface area contributed by atoms with Gasteiger partial charge in [-0.2, -0.15) is 0 Å². The lowest BCUT2D eigenvalue weighted by Crippen LogP contribution is -2.23. The number of anilines is 2. The van der Waals surface area contributed by atoms with Crippen molar-refractivity contribution in [1.82, 2.24) is 0 Å². The molecule has 0 saturated carbocycles. The summed E-state index contributed by atoms with van der Waals surface area (Å²) in [4.78, 5) is 16.3. The summed E-state index contributed by atoms with van der Waals surface area (Å²) in [5.41, 5.74) is 3.45. The maximum absolute atomic E-state index is 12.6. The van der Waals surface area contributed by atoms with E-state index in [9.17, 15) is 4.79 Å². The van der Waals surface area contributed by atoms with Gasteiger partial charge in [-0.05, 0) is 35.9 Å². The van der Waals surface area contributed by atoms with E-state index in [1.165, 1.54) is 0 Å². The molecular formula is C17H17ClN2O2. The summed E-state index contributed by atoms with van der Waals surface area (Å²) in [5.74, 6) is 0.732. The van der Waals surface area contributed by atoms with Gasteiger partial charge in [-0.25, -0.2) is 0 Å². The molecule has 3 rings (SSSR count). The lowest BCUT2D eigenvalue weighted by molar-refractivity contribution is 0.0996. The van der Waals surface area contributed by atoms with Gasteiger partial charge in [0.2, 0.25) is 0 Å². The fourth-order valence-electron chi connectivity index (χ4n) is 2.70. The van der Waals surface area contributed by atoms with Crippen molar-refractivity contribution in [3.8, 4) is 5.75 Å². The van der Waals surface area contributed by atoms with Crippen LogP contribution in [0.5, 0.6) is 5.75 Å². The highest BCUT2D eigenvalue weighted by molar-refractivity contribution is 6.31. The highest BCUT2D eigenvalue weighted by Crippen LogP contribution is 2.35. The van der Waals surface area contributed by atoms with Crippen LogP contribution in [0.15, 0.2) is 36.4 Å². The van der Waals surface area contributed by atoms with Crippen molar-refractivity contribution < 1.29 is 9.53 Å². The summed E-state index contributed by atoms with van der Waals surface area (Å²) in [7, 11) is 5.54. The Morgan fingerprint density at radius 3 is 2.64 bits per heavy atom. The average Bonchev–Trinajstić information content (AvgIpc) is 2.82. The molecule has 5 heteroatoms. The van der Waals surface area contributed by atoms with Crippen molar-refractivity contribution in [2.45, 2.75) is 6.54 Å². The van der Waals surface area contributed by atoms with E-state index in [1.54, 1.807) is 24.1 Å². The van der Waals surface area contributed by atoms with Crippen molar-refractivity contribution in [2.24, 2.45) is 0 Å². The summed E-state index contributed by atoms with van der Waals surface area (Å²) in [6, 6.07) is 11.2. The van der Waals surface area contributed by atoms with Gasteiger partial charge in [0.05, 0.1) is 19.3 Å². The van der Waals surface area contributed by atoms with Gasteiger partial charge in [-0.3, -0.25) is 4.79 Å². The summed E-state index contributed by atoms with van der Waals surface area (Å²) >= 11 is 6.01. The molecule has 4 nitrogen and oxygen atoms in total. The van der Waals surface area contributed by atoms with Crippen LogP contribution < -0.4 is 14.5 Å². The molecule has 2 aromatic carbocycles. The van der Waals surface area contributed by atoms with E-state index in [0.29, 0.717) is 17.1 Å². The van der Waals surface area contributed by atoms with Crippen LogP contribution in [0.3, 0.4) is 0 Å². The first-order valence-corrected chi connectivity index (χ1v) is 7.34. The molecule has 0 bridgehead atoms. The van der Waals surface area contributed by atoms with Crippen LogP contribution in [0.4, 0.5) is 11.4 Å². The lowest BCUT2D eigenvalue weighted by Gasteiger charge is -2.21. The number of hydrogen-bond donors (Lipinski definition) is 0. The predicted molar refractivity (Wildman–Crippen MR) is 89.3 cm³/mol. The number of carbonyl (C=O) groups excluding carboxylic acids is 1. The first-order valence-electron chi connectivity index (χ1n) is 6.97. The molecule has 1 aliphatic heterocycles. The number of nitrogens with zero attached hydrogens (tertiary/aromatic N) is 2. The molecule has 0 radical (unpaired) electrons. The highest BCUT2D eigenvalue weighted by Gasteiger charge is 2.29. The van der Waals surface area contributed by atoms with Gasteiger partial charge >= 0.3 is 0 Å². The number of amides is 1. The van der Waals surface area contributed by atoms with Crippen LogP contribution in [0.1, 0.15) is 15.9 Å². The van der Waals surface area contributed by atoms with Crippen molar-refractivity contribution >= 4 is 28.9 Å². The monoisotopic (exact) mass is 316 g/mol. The molecule has 22 heavy (non-hydrogen) atoms. The molecule has 0 saturated heterocycles. The first-order chi connectivity index (χ1) is 10.5. The normalized spacial score (nSPS) is 13.3. The standard InChI is InChI=1S/C17H17ClN2O2/c1-19(2)15-7-5-13(9-16(15)22-3)20-10-11-8-12(18)4-6-14(11)17(20)21/h4-9H,10H2,1-3H3. The minimum atomic E-state index is -0.00803. The maximum Gasteiger partial charge on any atom is 0.258 e. The highest BCUT2D eigenvalue weighted by atomic mass is 35.5. The molecule has 1 amide bonds. The molecule has 114 valence electrons. The molecule has 1 aliphatic rings. The number of carbonyl (C=O) groups is 1. The number of methoxy groups -OCH3 is 1. The third-order valence-electron chi connectivity index (χ3n) is 3.83. The van der Waals surface area contributed by atoms with Crippen LogP contribution in [-0.4, -0.2) is 27.1 Å². The van der Waals surface area contributed by atoms with Crippen molar-refractivity contribution in [2.75, 3.05) is 31.0 Å². The van der Waals surface area contributed by atoms with E-state index in [0.717, 1.165) is 22.7 Å². The van der Waals surface area contributed by atoms with E-state index in [-0.39, 0.29) is 5.91 Å². The molecule has 0 fully saturated rings. The average molecular weight is 317 g/mol. The second-order valence-corrected chi connectivity index (χ2v) is 5.88. The van der Waals surface area contributed by atoms with Crippen molar-refractivity contribution in [1.29, 1.82) is 0 Å². The number of halogens is 1. The summed E-state index contributed by atoms with van der Waals surface area (Å²) in [6.45, 7) is 0.527. The van der Waals surface area contributed by atoms with E-state index in [1.807, 2.05) is 43.3 Å². The number of rotatable bonds is 3. The van der Waals surface area contributed by atoms with Crippen molar-refractivity contribution in [3.63, 3.8) is 0 Å². The molecule has 0 N–H and O–H groups in total. The Balaban J connectivity index is 1.98. The SMILES string of the molecule is COc1cc(N2Cc3cc(Cl)ccc3C2=O)ccc1N(C)C. The Bertz CT molecular complexity index is 743. The Kier molecular flexibility index (Phi) is 3.71. The zero-order valence-corrected chi connectivity index (χ0v) is 13.5. The van der Waals surface area contributed by atoms with Gasteiger partial charge < -0.3 is 14.5 Å². The van der Waals surface area contributed by atoms with Gasteiger partial charge in [-0.1, -0.05) is 11.6 Å². The molecule has 2 aromatic rings. The van der Waals surface area contributed by atoms with Crippen LogP contribution >= 0.6 is 11.6 Å². The third-order valence-corrected chi connectivity index (χ3v) is 4.06. The van der Waals surface area contributed by atoms with Gasteiger partial charge in [0.25, 0.3) is 5.91 Å². The number of fused-ring (bicyclic) bond motifs is 1. The Morgan fingerprint density at radius 2 is 1.95 bits per heavy atom. The fraction of sp³-hybridized carbons (Fsp3) is 0.235. The summed E-state index contributed by atoms with van der Waals surface area (Å²) in [5, 5.41) is 0.647. The zero-order chi connectivity index (χ0) is 15.9. The first kappa shape index (κ1) is 14.7. The second kappa shape index (κ2) is 5.54. The summed E-state index contributed by atoms with van der Waals surface area (Å²) < 4.78 is 5.44. The number of hydrogen-bond acceptors (Lipinski definition) is 3. The van der Waals surface area contributed by atoms with Crippen LogP contribution in [0, 0.1) is 0 Å². The molecule has 0 atom stereocenters. The largest absolute Gasteiger partial charge is 0.495 e. The van der Waals surface area contributed by atoms with Gasteiger partial charge in [0.1, 0.15) is 5.75 Å².